The second-order valence-corrected chi connectivity index (χ2v) is 5.61. The molecule has 0 unspecified atom stereocenters. The first kappa shape index (κ1) is 14.1. The molecule has 21 heavy (non-hydrogen) atoms. The fraction of sp³-hybridized carbons (Fsp3) is 0.214. The zero-order valence-corrected chi connectivity index (χ0v) is 12.9. The number of aromatic nitrogens is 2. The van der Waals surface area contributed by atoms with Crippen molar-refractivity contribution in [3.63, 3.8) is 0 Å². The number of Topliss-reactive ketones (excluding diaryl/α,β-unsaturated/α-hetero) is 1. The van der Waals surface area contributed by atoms with E-state index >= 15 is 0 Å². The smallest absolute Gasteiger partial charge is 0.297 e. The second-order valence-electron chi connectivity index (χ2n) is 4.83. The molecular weight excluding hydrogens is 313 g/mol. The number of para-hydroxylation sites is 1. The molecule has 0 N–H and O–H groups in total. The molecular formula is C14H11Cl2N3O2. The number of benzene rings is 1. The van der Waals surface area contributed by atoms with Crippen LogP contribution in [0.5, 0.6) is 0 Å². The molecule has 0 saturated heterocycles. The number of nitrogens with zero attached hydrogens (tertiary/aromatic N) is 3. The van der Waals surface area contributed by atoms with Crippen LogP contribution in [-0.4, -0.2) is 21.5 Å². The van der Waals surface area contributed by atoms with Gasteiger partial charge in [0.25, 0.3) is 11.7 Å². The van der Waals surface area contributed by atoms with Crippen LogP contribution in [0.15, 0.2) is 18.2 Å². The zero-order chi connectivity index (χ0) is 15.3. The predicted molar refractivity (Wildman–Crippen MR) is 79.9 cm³/mol. The number of ketones is 1. The Kier molecular flexibility index (Phi) is 3.26. The lowest BCUT2D eigenvalue weighted by molar-refractivity contribution is -0.114. The molecule has 0 spiro atoms. The monoisotopic (exact) mass is 323 g/mol. The van der Waals surface area contributed by atoms with Crippen LogP contribution < -0.4 is 4.90 Å². The van der Waals surface area contributed by atoms with E-state index in [4.69, 9.17) is 23.2 Å². The lowest BCUT2D eigenvalue weighted by Crippen LogP contribution is -2.30. The van der Waals surface area contributed by atoms with Crippen molar-refractivity contribution in [3.05, 3.63) is 45.2 Å². The fourth-order valence-electron chi connectivity index (χ4n) is 2.46. The van der Waals surface area contributed by atoms with Gasteiger partial charge in [0.15, 0.2) is 0 Å². The van der Waals surface area contributed by atoms with Gasteiger partial charge < -0.3 is 0 Å². The fourth-order valence-corrected chi connectivity index (χ4v) is 2.96. The average molecular weight is 324 g/mol. The van der Waals surface area contributed by atoms with Crippen molar-refractivity contribution in [3.8, 4) is 0 Å². The second kappa shape index (κ2) is 4.86. The summed E-state index contributed by atoms with van der Waals surface area (Å²) in [5, 5.41) is 5.05. The Balaban J connectivity index is 2.08. The van der Waals surface area contributed by atoms with Gasteiger partial charge in [-0.3, -0.25) is 19.2 Å². The molecule has 1 aliphatic rings. The standard InChI is InChI=1S/C14H11Cl2N3O2/c1-7-11(16)10(18(2)17-7)6-19-12-8(13(20)14(19)21)4-3-5-9(12)15/h3-5H,6H2,1-2H3. The highest BCUT2D eigenvalue weighted by atomic mass is 35.5. The maximum Gasteiger partial charge on any atom is 0.299 e. The Morgan fingerprint density at radius 1 is 1.24 bits per heavy atom. The van der Waals surface area contributed by atoms with E-state index in [1.807, 2.05) is 0 Å². The van der Waals surface area contributed by atoms with E-state index in [9.17, 15) is 9.59 Å². The topological polar surface area (TPSA) is 55.2 Å². The predicted octanol–water partition coefficient (Wildman–Crippen LogP) is 2.76. The number of rotatable bonds is 2. The first-order chi connectivity index (χ1) is 9.91. The van der Waals surface area contributed by atoms with Crippen molar-refractivity contribution in [1.82, 2.24) is 9.78 Å². The van der Waals surface area contributed by atoms with Crippen LogP contribution in [0.2, 0.25) is 10.0 Å². The number of aryl methyl sites for hydroxylation is 2. The molecule has 0 bridgehead atoms. The molecule has 0 aliphatic carbocycles. The summed E-state index contributed by atoms with van der Waals surface area (Å²) in [7, 11) is 1.74. The van der Waals surface area contributed by atoms with E-state index in [1.54, 1.807) is 36.9 Å². The summed E-state index contributed by atoms with van der Waals surface area (Å²) in [6.45, 7) is 1.93. The summed E-state index contributed by atoms with van der Waals surface area (Å²) in [6.07, 6.45) is 0. The maximum atomic E-state index is 12.2. The summed E-state index contributed by atoms with van der Waals surface area (Å²) in [5.41, 5.74) is 2.08. The Labute approximate surface area is 131 Å². The molecule has 1 aromatic carbocycles. The Hall–Kier alpha value is -1.85. The first-order valence-electron chi connectivity index (χ1n) is 6.24. The minimum Gasteiger partial charge on any atom is -0.297 e. The molecule has 108 valence electrons. The molecule has 2 heterocycles. The summed E-state index contributed by atoms with van der Waals surface area (Å²) in [6, 6.07) is 4.89. The van der Waals surface area contributed by atoms with Crippen LogP contribution in [0.25, 0.3) is 0 Å². The zero-order valence-electron chi connectivity index (χ0n) is 11.4. The third-order valence-corrected chi connectivity index (χ3v) is 4.31. The molecule has 1 aliphatic heterocycles. The van der Waals surface area contributed by atoms with E-state index < -0.39 is 11.7 Å². The molecule has 3 rings (SSSR count). The van der Waals surface area contributed by atoms with E-state index in [0.29, 0.717) is 32.7 Å². The molecule has 5 nitrogen and oxygen atoms in total. The van der Waals surface area contributed by atoms with Crippen molar-refractivity contribution in [2.24, 2.45) is 7.05 Å². The summed E-state index contributed by atoms with van der Waals surface area (Å²) in [4.78, 5) is 25.6. The third-order valence-electron chi connectivity index (χ3n) is 3.51. The molecule has 1 aromatic heterocycles. The number of amides is 1. The number of fused-ring (bicyclic) bond motifs is 1. The molecule has 0 saturated carbocycles. The average Bonchev–Trinajstić information content (AvgIpc) is 2.83. The number of anilines is 1. The number of hydrogen-bond acceptors (Lipinski definition) is 3. The number of carbonyl (C=O) groups excluding carboxylic acids is 2. The minimum atomic E-state index is -0.604. The summed E-state index contributed by atoms with van der Waals surface area (Å²) >= 11 is 12.3. The number of halogens is 2. The van der Waals surface area contributed by atoms with Gasteiger partial charge in [-0.15, -0.1) is 0 Å². The molecule has 0 fully saturated rings. The third kappa shape index (κ3) is 2.04. The van der Waals surface area contributed by atoms with Crippen molar-refractivity contribution in [2.75, 3.05) is 4.90 Å². The van der Waals surface area contributed by atoms with Crippen LogP contribution in [-0.2, 0) is 18.4 Å². The van der Waals surface area contributed by atoms with Gasteiger partial charge in [0.2, 0.25) is 0 Å². The van der Waals surface area contributed by atoms with Crippen LogP contribution in [0.4, 0.5) is 5.69 Å². The van der Waals surface area contributed by atoms with Crippen molar-refractivity contribution >= 4 is 40.6 Å². The summed E-state index contributed by atoms with van der Waals surface area (Å²) in [5.74, 6) is -1.16. The quantitative estimate of drug-likeness (QED) is 0.798. The van der Waals surface area contributed by atoms with Crippen LogP contribution >= 0.6 is 23.2 Å². The van der Waals surface area contributed by atoms with Crippen molar-refractivity contribution in [1.29, 1.82) is 0 Å². The largest absolute Gasteiger partial charge is 0.299 e. The highest BCUT2D eigenvalue weighted by Crippen LogP contribution is 2.37. The molecule has 0 atom stereocenters. The molecule has 1 amide bonds. The normalized spacial score (nSPS) is 14.0. The van der Waals surface area contributed by atoms with Gasteiger partial charge in [-0.05, 0) is 19.1 Å². The Bertz CT molecular complexity index is 783. The lowest BCUT2D eigenvalue weighted by atomic mass is 10.1. The highest BCUT2D eigenvalue weighted by molar-refractivity contribution is 6.54. The summed E-state index contributed by atoms with van der Waals surface area (Å²) < 4.78 is 1.60. The van der Waals surface area contributed by atoms with E-state index in [1.165, 1.54) is 4.90 Å². The number of hydrogen-bond donors (Lipinski definition) is 0. The highest BCUT2D eigenvalue weighted by Gasteiger charge is 2.38. The van der Waals surface area contributed by atoms with Gasteiger partial charge in [0.05, 0.1) is 39.2 Å². The van der Waals surface area contributed by atoms with Crippen LogP contribution in [0.3, 0.4) is 0 Å². The molecule has 2 aromatic rings. The molecule has 7 heteroatoms. The van der Waals surface area contributed by atoms with Gasteiger partial charge in [-0.25, -0.2) is 0 Å². The minimum absolute atomic E-state index is 0.150. The Morgan fingerprint density at radius 3 is 2.57 bits per heavy atom. The van der Waals surface area contributed by atoms with Gasteiger partial charge in [-0.1, -0.05) is 29.3 Å². The van der Waals surface area contributed by atoms with Crippen LogP contribution in [0, 0.1) is 6.92 Å². The van der Waals surface area contributed by atoms with E-state index in [0.717, 1.165) is 0 Å². The van der Waals surface area contributed by atoms with Crippen molar-refractivity contribution < 1.29 is 9.59 Å². The first-order valence-corrected chi connectivity index (χ1v) is 7.00. The van der Waals surface area contributed by atoms with Gasteiger partial charge in [0, 0.05) is 7.05 Å². The Morgan fingerprint density at radius 2 is 1.95 bits per heavy atom. The lowest BCUT2D eigenvalue weighted by Gasteiger charge is -2.17. The van der Waals surface area contributed by atoms with Crippen LogP contribution in [0.1, 0.15) is 21.7 Å². The van der Waals surface area contributed by atoms with Crippen molar-refractivity contribution in [2.45, 2.75) is 13.5 Å². The van der Waals surface area contributed by atoms with E-state index in [-0.39, 0.29) is 6.54 Å². The maximum absolute atomic E-state index is 12.2. The van der Waals surface area contributed by atoms with Gasteiger partial charge >= 0.3 is 0 Å². The SMILES string of the molecule is Cc1nn(C)c(CN2C(=O)C(=O)c3cccc(Cl)c32)c1Cl. The van der Waals surface area contributed by atoms with E-state index in [2.05, 4.69) is 5.10 Å². The number of carbonyl (C=O) groups is 2. The van der Waals surface area contributed by atoms with Gasteiger partial charge in [0.1, 0.15) is 0 Å². The van der Waals surface area contributed by atoms with Gasteiger partial charge in [-0.2, -0.15) is 5.10 Å². The molecule has 0 radical (unpaired) electrons.